The molecule has 3 rings (SSSR count). The molecule has 2 heterocycles. The molecule has 1 aliphatic rings. The number of benzene rings is 1. The molecule has 1 N–H and O–H groups in total. The van der Waals surface area contributed by atoms with Crippen LogP contribution in [0.2, 0.25) is 0 Å². The summed E-state index contributed by atoms with van der Waals surface area (Å²) >= 11 is 0. The van der Waals surface area contributed by atoms with Crippen LogP contribution in [0, 0.1) is 0 Å². The molecule has 162 valence electrons. The van der Waals surface area contributed by atoms with Gasteiger partial charge in [-0.15, -0.1) is 0 Å². The van der Waals surface area contributed by atoms with Crippen LogP contribution >= 0.6 is 0 Å². The predicted molar refractivity (Wildman–Crippen MR) is 119 cm³/mol. The van der Waals surface area contributed by atoms with Gasteiger partial charge in [-0.2, -0.15) is 0 Å². The molecule has 5 nitrogen and oxygen atoms in total. The van der Waals surface area contributed by atoms with E-state index in [1.165, 1.54) is 11.1 Å². The van der Waals surface area contributed by atoms with Crippen molar-refractivity contribution in [2.75, 3.05) is 7.11 Å². The molecule has 1 aromatic carbocycles. The van der Waals surface area contributed by atoms with E-state index in [4.69, 9.17) is 13.9 Å². The van der Waals surface area contributed by atoms with Crippen molar-refractivity contribution in [1.82, 2.24) is 0 Å². The van der Waals surface area contributed by atoms with E-state index in [1.54, 1.807) is 26.2 Å². The van der Waals surface area contributed by atoms with Crippen molar-refractivity contribution in [3.05, 3.63) is 57.5 Å². The van der Waals surface area contributed by atoms with Gasteiger partial charge < -0.3 is 19.0 Å². The van der Waals surface area contributed by atoms with E-state index in [-0.39, 0.29) is 0 Å². The first-order valence-corrected chi connectivity index (χ1v) is 10.5. The summed E-state index contributed by atoms with van der Waals surface area (Å²) in [7, 11) is 1.56. The molecule has 0 spiro atoms. The van der Waals surface area contributed by atoms with Crippen LogP contribution in [0.3, 0.4) is 0 Å². The van der Waals surface area contributed by atoms with E-state index in [0.717, 1.165) is 24.6 Å². The maximum atomic E-state index is 12.5. The van der Waals surface area contributed by atoms with Gasteiger partial charge in [0, 0.05) is 12.5 Å². The molecule has 30 heavy (non-hydrogen) atoms. The fourth-order valence-corrected chi connectivity index (χ4v) is 3.81. The number of ether oxygens (including phenoxy) is 2. The fraction of sp³-hybridized carbons (Fsp3) is 0.480. The summed E-state index contributed by atoms with van der Waals surface area (Å²) in [4.78, 5) is 12.5. The molecule has 0 amide bonds. The average molecular weight is 413 g/mol. The highest BCUT2D eigenvalue weighted by Gasteiger charge is 2.40. The monoisotopic (exact) mass is 412 g/mol. The molecule has 0 saturated heterocycles. The first-order valence-electron chi connectivity index (χ1n) is 10.5. The van der Waals surface area contributed by atoms with Gasteiger partial charge >= 0.3 is 5.63 Å². The van der Waals surface area contributed by atoms with E-state index >= 15 is 0 Å². The van der Waals surface area contributed by atoms with Gasteiger partial charge in [0.25, 0.3) is 0 Å². The quantitative estimate of drug-likeness (QED) is 0.469. The summed E-state index contributed by atoms with van der Waals surface area (Å²) in [6, 6.07) is 5.31. The van der Waals surface area contributed by atoms with E-state index in [0.29, 0.717) is 35.5 Å². The van der Waals surface area contributed by atoms with E-state index in [9.17, 15) is 9.90 Å². The number of hydrogen-bond acceptors (Lipinski definition) is 5. The Morgan fingerprint density at radius 2 is 2.03 bits per heavy atom. The molecule has 2 aromatic rings. The van der Waals surface area contributed by atoms with Crippen LogP contribution in [0.1, 0.15) is 58.9 Å². The number of fused-ring (bicyclic) bond motifs is 3. The second-order valence-corrected chi connectivity index (χ2v) is 8.64. The zero-order valence-corrected chi connectivity index (χ0v) is 18.6. The second kappa shape index (κ2) is 9.09. The van der Waals surface area contributed by atoms with Gasteiger partial charge in [0.15, 0.2) is 0 Å². The van der Waals surface area contributed by atoms with Gasteiger partial charge in [0.05, 0.1) is 23.7 Å². The van der Waals surface area contributed by atoms with Crippen molar-refractivity contribution in [2.45, 2.75) is 71.5 Å². The van der Waals surface area contributed by atoms with Crippen LogP contribution in [0.4, 0.5) is 0 Å². The molecule has 2 unspecified atom stereocenters. The third-order valence-electron chi connectivity index (χ3n) is 5.73. The van der Waals surface area contributed by atoms with Crippen LogP contribution < -0.4 is 15.1 Å². The predicted octanol–water partition coefficient (Wildman–Crippen LogP) is 5.33. The topological polar surface area (TPSA) is 68.9 Å². The van der Waals surface area contributed by atoms with E-state index < -0.39 is 17.3 Å². The van der Waals surface area contributed by atoms with Gasteiger partial charge in [-0.3, -0.25) is 0 Å². The Balaban J connectivity index is 1.70. The first kappa shape index (κ1) is 22.2. The number of aliphatic hydroxyl groups is 1. The molecule has 2 atom stereocenters. The minimum atomic E-state index is -1.05. The smallest absolute Gasteiger partial charge is 0.343 e. The lowest BCUT2D eigenvalue weighted by Gasteiger charge is -2.29. The number of hydrogen-bond donors (Lipinski definition) is 1. The van der Waals surface area contributed by atoms with E-state index in [2.05, 4.69) is 32.9 Å². The Bertz CT molecular complexity index is 1020. The van der Waals surface area contributed by atoms with Crippen molar-refractivity contribution in [3.8, 4) is 11.5 Å². The lowest BCUT2D eigenvalue weighted by atomic mass is 9.90. The SMILES string of the molecule is COc1ccc2c3c(c(=O)oc2c1)CC(C(C)(O)CC/C=C(\C)CCC=C(C)C)O3. The second-order valence-electron chi connectivity index (χ2n) is 8.64. The highest BCUT2D eigenvalue weighted by Crippen LogP contribution is 2.39. The highest BCUT2D eigenvalue weighted by atomic mass is 16.5. The first-order chi connectivity index (χ1) is 14.2. The van der Waals surface area contributed by atoms with Gasteiger partial charge in [-0.1, -0.05) is 23.3 Å². The summed E-state index contributed by atoms with van der Waals surface area (Å²) in [6.07, 6.45) is 7.66. The average Bonchev–Trinajstić information content (AvgIpc) is 3.14. The molecule has 1 aromatic heterocycles. The van der Waals surface area contributed by atoms with Crippen LogP contribution in [0.25, 0.3) is 11.0 Å². The third kappa shape index (κ3) is 4.96. The zero-order valence-electron chi connectivity index (χ0n) is 18.6. The van der Waals surface area contributed by atoms with Crippen molar-refractivity contribution in [3.63, 3.8) is 0 Å². The van der Waals surface area contributed by atoms with Gasteiger partial charge in [0.1, 0.15) is 23.2 Å². The van der Waals surface area contributed by atoms with E-state index in [1.807, 2.05) is 6.07 Å². The largest absolute Gasteiger partial charge is 0.497 e. The Morgan fingerprint density at radius 1 is 1.27 bits per heavy atom. The van der Waals surface area contributed by atoms with Crippen LogP contribution in [0.15, 0.2) is 50.7 Å². The summed E-state index contributed by atoms with van der Waals surface area (Å²) in [6.45, 7) is 8.12. The van der Waals surface area contributed by atoms with Crippen molar-refractivity contribution >= 4 is 11.0 Å². The highest BCUT2D eigenvalue weighted by molar-refractivity contribution is 5.86. The molecule has 0 fully saturated rings. The van der Waals surface area contributed by atoms with Crippen molar-refractivity contribution in [1.29, 1.82) is 0 Å². The maximum absolute atomic E-state index is 12.5. The lowest BCUT2D eigenvalue weighted by molar-refractivity contribution is -0.0429. The normalized spacial score (nSPS) is 17.9. The standard InChI is InChI=1S/C25H32O5/c1-16(2)8-6-9-17(3)10-7-13-25(4,27)22-15-20-23(30-22)19-12-11-18(28-5)14-21(19)29-24(20)26/h8,10-12,14,22,27H,6-7,9,13,15H2,1-5H3/b17-10+. The van der Waals surface area contributed by atoms with Gasteiger partial charge in [0.2, 0.25) is 0 Å². The Hall–Kier alpha value is -2.53. The molecule has 1 aliphatic heterocycles. The maximum Gasteiger partial charge on any atom is 0.343 e. The zero-order chi connectivity index (χ0) is 21.9. The molecule has 5 heteroatoms. The molecular weight excluding hydrogens is 380 g/mol. The summed E-state index contributed by atoms with van der Waals surface area (Å²) < 4.78 is 16.8. The minimum Gasteiger partial charge on any atom is -0.497 e. The lowest BCUT2D eigenvalue weighted by Crippen LogP contribution is -2.42. The molecular formula is C25H32O5. The number of rotatable bonds is 8. The van der Waals surface area contributed by atoms with Crippen LogP contribution in [0.5, 0.6) is 11.5 Å². The third-order valence-corrected chi connectivity index (χ3v) is 5.73. The van der Waals surface area contributed by atoms with Gasteiger partial charge in [-0.05, 0) is 65.5 Å². The minimum absolute atomic E-state index is 0.343. The summed E-state index contributed by atoms with van der Waals surface area (Å²) in [5, 5.41) is 11.8. The Labute approximate surface area is 178 Å². The molecule has 0 radical (unpaired) electrons. The summed E-state index contributed by atoms with van der Waals surface area (Å²) in [5.74, 6) is 1.13. The van der Waals surface area contributed by atoms with Crippen molar-refractivity contribution < 1.29 is 19.0 Å². The fourth-order valence-electron chi connectivity index (χ4n) is 3.81. The molecule has 0 aliphatic carbocycles. The number of methoxy groups -OCH3 is 1. The Kier molecular flexibility index (Phi) is 6.71. The Morgan fingerprint density at radius 3 is 2.73 bits per heavy atom. The molecule has 0 bridgehead atoms. The van der Waals surface area contributed by atoms with Crippen LogP contribution in [-0.2, 0) is 6.42 Å². The number of allylic oxidation sites excluding steroid dienone is 4. The van der Waals surface area contributed by atoms with Crippen molar-refractivity contribution in [2.24, 2.45) is 0 Å². The molecule has 0 saturated carbocycles. The van der Waals surface area contributed by atoms with Crippen LogP contribution in [-0.4, -0.2) is 23.9 Å². The van der Waals surface area contributed by atoms with Gasteiger partial charge in [-0.25, -0.2) is 4.79 Å². The summed E-state index contributed by atoms with van der Waals surface area (Å²) in [5.41, 5.74) is 2.10.